The number of rotatable bonds is 1. The van der Waals surface area contributed by atoms with Crippen molar-refractivity contribution in [3.8, 4) is 22.5 Å². The van der Waals surface area contributed by atoms with Gasteiger partial charge in [-0.1, -0.05) is 29.8 Å². The number of H-pyrrole nitrogens is 1. The first kappa shape index (κ1) is 15.2. The monoisotopic (exact) mass is 355 g/mol. The fraction of sp³-hybridized carbons (Fsp3) is 0.304. The second kappa shape index (κ2) is 5.10. The lowest BCUT2D eigenvalue weighted by Gasteiger charge is -2.23. The Kier molecular flexibility index (Phi) is 2.87. The molecule has 0 bridgehead atoms. The van der Waals surface area contributed by atoms with E-state index in [1.807, 2.05) is 6.20 Å². The normalized spacial score (nSPS) is 18.5. The Balaban J connectivity index is 1.53. The summed E-state index contributed by atoms with van der Waals surface area (Å²) in [5.74, 6) is 0.0938. The molecule has 27 heavy (non-hydrogen) atoms. The van der Waals surface area contributed by atoms with Crippen LogP contribution in [0, 0.1) is 6.92 Å². The summed E-state index contributed by atoms with van der Waals surface area (Å²) in [6.07, 6.45) is 6.19. The number of aryl methyl sites for hydroxylation is 2. The van der Waals surface area contributed by atoms with Gasteiger partial charge in [0.1, 0.15) is 0 Å². The van der Waals surface area contributed by atoms with Crippen LogP contribution >= 0.6 is 0 Å². The molecule has 0 radical (unpaired) electrons. The molecule has 4 heteroatoms. The van der Waals surface area contributed by atoms with Crippen molar-refractivity contribution in [1.82, 2.24) is 15.3 Å². The second-order valence-electron chi connectivity index (χ2n) is 8.28. The van der Waals surface area contributed by atoms with E-state index in [0.717, 1.165) is 54.7 Å². The van der Waals surface area contributed by atoms with Gasteiger partial charge in [-0.25, -0.2) is 0 Å². The van der Waals surface area contributed by atoms with Gasteiger partial charge in [-0.15, -0.1) is 0 Å². The van der Waals surface area contributed by atoms with E-state index < -0.39 is 0 Å². The van der Waals surface area contributed by atoms with Gasteiger partial charge in [-0.2, -0.15) is 0 Å². The van der Waals surface area contributed by atoms with Gasteiger partial charge in [0.2, 0.25) is 0 Å². The van der Waals surface area contributed by atoms with Crippen molar-refractivity contribution in [1.29, 1.82) is 0 Å². The van der Waals surface area contributed by atoms with Crippen molar-refractivity contribution in [2.75, 3.05) is 6.54 Å². The molecule has 0 saturated heterocycles. The zero-order chi connectivity index (χ0) is 18.2. The van der Waals surface area contributed by atoms with E-state index >= 15 is 0 Å². The summed E-state index contributed by atoms with van der Waals surface area (Å²) in [5.41, 5.74) is 10.4. The van der Waals surface area contributed by atoms with Crippen LogP contribution in [-0.2, 0) is 18.3 Å². The fourth-order valence-corrected chi connectivity index (χ4v) is 4.73. The molecule has 2 N–H and O–H groups in total. The maximum Gasteiger partial charge on any atom is 0.253 e. The van der Waals surface area contributed by atoms with Crippen molar-refractivity contribution in [2.24, 2.45) is 0 Å². The van der Waals surface area contributed by atoms with Crippen molar-refractivity contribution in [2.45, 2.75) is 38.0 Å². The summed E-state index contributed by atoms with van der Waals surface area (Å²) in [5, 5.41) is 3.12. The molecule has 1 saturated carbocycles. The third-order valence-electron chi connectivity index (χ3n) is 6.55. The summed E-state index contributed by atoms with van der Waals surface area (Å²) in [7, 11) is 0. The van der Waals surface area contributed by atoms with E-state index in [2.05, 4.69) is 47.6 Å². The number of benzene rings is 1. The number of aromatic nitrogens is 2. The third kappa shape index (κ3) is 2.10. The average molecular weight is 355 g/mol. The van der Waals surface area contributed by atoms with Crippen molar-refractivity contribution in [3.05, 3.63) is 64.5 Å². The first-order valence-electron chi connectivity index (χ1n) is 9.74. The Morgan fingerprint density at radius 1 is 1.11 bits per heavy atom. The first-order chi connectivity index (χ1) is 13.1. The van der Waals surface area contributed by atoms with E-state index in [0.29, 0.717) is 0 Å². The summed E-state index contributed by atoms with van der Waals surface area (Å²) in [6, 6.07) is 10.7. The quantitative estimate of drug-likeness (QED) is 0.695. The highest BCUT2D eigenvalue weighted by Gasteiger charge is 2.51. The third-order valence-corrected chi connectivity index (χ3v) is 6.55. The molecule has 3 aliphatic rings. The van der Waals surface area contributed by atoms with Crippen LogP contribution in [0.3, 0.4) is 0 Å². The predicted molar refractivity (Wildman–Crippen MR) is 105 cm³/mol. The molecule has 1 aromatic carbocycles. The van der Waals surface area contributed by atoms with Gasteiger partial charge in [-0.3, -0.25) is 9.78 Å². The highest BCUT2D eigenvalue weighted by molar-refractivity contribution is 6.01. The molecule has 3 heterocycles. The van der Waals surface area contributed by atoms with Crippen LogP contribution in [0.4, 0.5) is 0 Å². The Bertz CT molecular complexity index is 1100. The highest BCUT2D eigenvalue weighted by atomic mass is 16.1. The van der Waals surface area contributed by atoms with Crippen molar-refractivity contribution < 1.29 is 4.79 Å². The number of nitrogens with one attached hydrogen (secondary N) is 2. The summed E-state index contributed by atoms with van der Waals surface area (Å²) >= 11 is 0. The first-order valence-corrected chi connectivity index (χ1v) is 9.74. The largest absolute Gasteiger partial charge is 0.357 e. The molecule has 3 aromatic rings. The summed E-state index contributed by atoms with van der Waals surface area (Å²) in [6.45, 7) is 2.87. The Morgan fingerprint density at radius 2 is 1.93 bits per heavy atom. The molecule has 6 rings (SSSR count). The summed E-state index contributed by atoms with van der Waals surface area (Å²) < 4.78 is 0. The van der Waals surface area contributed by atoms with E-state index in [4.69, 9.17) is 4.98 Å². The van der Waals surface area contributed by atoms with Gasteiger partial charge in [0.05, 0.1) is 17.0 Å². The van der Waals surface area contributed by atoms with E-state index in [1.54, 1.807) is 0 Å². The minimum Gasteiger partial charge on any atom is -0.357 e. The van der Waals surface area contributed by atoms with Gasteiger partial charge in [0, 0.05) is 35.0 Å². The summed E-state index contributed by atoms with van der Waals surface area (Å²) in [4.78, 5) is 21.0. The van der Waals surface area contributed by atoms with Crippen molar-refractivity contribution >= 4 is 5.91 Å². The number of carbonyl (C=O) groups excluding carboxylic acids is 1. The lowest BCUT2D eigenvalue weighted by Crippen LogP contribution is -2.39. The number of carbonyl (C=O) groups is 1. The zero-order valence-corrected chi connectivity index (χ0v) is 15.4. The molecule has 1 spiro atoms. The van der Waals surface area contributed by atoms with Crippen molar-refractivity contribution in [3.63, 3.8) is 0 Å². The molecule has 0 unspecified atom stereocenters. The molecular weight excluding hydrogens is 334 g/mol. The van der Waals surface area contributed by atoms with E-state index in [9.17, 15) is 4.79 Å². The SMILES string of the molecule is Cc1ccc(-c2cc3c(cn2)CCc2c-3[nH]c3c2C(=O)NCC32CC2)cc1. The van der Waals surface area contributed by atoms with Gasteiger partial charge < -0.3 is 10.3 Å². The number of hydrogen-bond acceptors (Lipinski definition) is 2. The standard InChI is InChI=1S/C23H21N3O/c1-13-2-4-14(5-3-13)18-10-17-15(11-24-18)6-7-16-19-21(26-20(16)17)23(8-9-23)12-25-22(19)27/h2-5,10-11,26H,6-9,12H2,1H3,(H,25,27). The van der Waals surface area contributed by atoms with E-state index in [1.165, 1.54) is 27.9 Å². The van der Waals surface area contributed by atoms with Crippen LogP contribution in [-0.4, -0.2) is 22.4 Å². The molecule has 1 fully saturated rings. The topological polar surface area (TPSA) is 57.8 Å². The number of aromatic amines is 1. The lowest BCUT2D eigenvalue weighted by molar-refractivity contribution is 0.0936. The molecule has 134 valence electrons. The smallest absolute Gasteiger partial charge is 0.253 e. The number of pyridine rings is 1. The van der Waals surface area contributed by atoms with Crippen LogP contribution in [0.5, 0.6) is 0 Å². The molecule has 1 amide bonds. The minimum absolute atomic E-state index is 0.0938. The molecule has 2 aliphatic carbocycles. The van der Waals surface area contributed by atoms with Crippen LogP contribution in [0.2, 0.25) is 0 Å². The molecule has 0 atom stereocenters. The Labute approximate surface area is 158 Å². The van der Waals surface area contributed by atoms with Gasteiger partial charge in [0.25, 0.3) is 5.91 Å². The Morgan fingerprint density at radius 3 is 2.70 bits per heavy atom. The van der Waals surface area contributed by atoms with Gasteiger partial charge in [0.15, 0.2) is 0 Å². The van der Waals surface area contributed by atoms with E-state index in [-0.39, 0.29) is 11.3 Å². The van der Waals surface area contributed by atoms with Crippen LogP contribution < -0.4 is 5.32 Å². The number of fused-ring (bicyclic) bond motifs is 6. The van der Waals surface area contributed by atoms with Gasteiger partial charge in [-0.05, 0) is 49.8 Å². The predicted octanol–water partition coefficient (Wildman–Crippen LogP) is 3.93. The molecular formula is C23H21N3O. The number of hydrogen-bond donors (Lipinski definition) is 2. The fourth-order valence-electron chi connectivity index (χ4n) is 4.73. The zero-order valence-electron chi connectivity index (χ0n) is 15.4. The maximum atomic E-state index is 12.6. The van der Waals surface area contributed by atoms with Crippen LogP contribution in [0.15, 0.2) is 36.5 Å². The second-order valence-corrected chi connectivity index (χ2v) is 8.28. The number of nitrogens with zero attached hydrogens (tertiary/aromatic N) is 1. The Hall–Kier alpha value is -2.88. The molecule has 2 aromatic heterocycles. The average Bonchev–Trinajstić information content (AvgIpc) is 3.35. The molecule has 1 aliphatic heterocycles. The minimum atomic E-state index is 0.0938. The number of amides is 1. The van der Waals surface area contributed by atoms with Gasteiger partial charge >= 0.3 is 0 Å². The van der Waals surface area contributed by atoms with Crippen LogP contribution in [0.25, 0.3) is 22.5 Å². The highest BCUT2D eigenvalue weighted by Crippen LogP contribution is 2.52. The molecule has 4 nitrogen and oxygen atoms in total. The maximum absolute atomic E-state index is 12.6. The van der Waals surface area contributed by atoms with Crippen LogP contribution in [0.1, 0.15) is 45.6 Å². The lowest BCUT2D eigenvalue weighted by atomic mass is 9.86.